The predicted octanol–water partition coefficient (Wildman–Crippen LogP) is 23.7. The SMILES string of the molecule is C.C.C.CBr.CC.CC.CCl.Cc1cnc(-c2nc(C)c([C-](C)C)[nH]2)nc1.Cc1cnc(-c2nc(C)c([C-](C)C)[nH]2)nc1.Cc1cnc(-c2nc(C)c([C-](C)C)[nH]2)nc1.Cc1cnc(-c2nc([C-](C)C)c(C)n2C)nc1.Cc1nc(-c2ncc(N)cn2)[nH]c1[C-](C)C.Cc1nc(-c2ncc([N+](=O)[O-])c(=O)[nH]2)[nH]c1[C-](C)C.[2HH].[2HH].[2HH].[2HH].[2HH].[2HH].[CH2-]C.[CH3-].[CH3-].[CH3-].[CH3-].[CH3-].[CH3-].[W+2].[W+2].[W+2].[W+2].[W+2].[W+2].[Y]. The van der Waals surface area contributed by atoms with E-state index in [-0.39, 0.29) is 240 Å². The maximum atomic E-state index is 11.5. The number of aromatic amines is 6. The van der Waals surface area contributed by atoms with E-state index in [4.69, 9.17) is 5.73 Å². The first-order valence-corrected chi connectivity index (χ1v) is 37.7. The van der Waals surface area contributed by atoms with Crippen LogP contribution >= 0.6 is 27.5 Å². The van der Waals surface area contributed by atoms with Crippen molar-refractivity contribution in [3.8, 4) is 69.9 Å². The fraction of sp³-hybridized carbons (Fsp3) is 0.375. The molecule has 0 aliphatic heterocycles. The van der Waals surface area contributed by atoms with E-state index in [0.717, 1.165) is 126 Å². The van der Waals surface area contributed by atoms with Crippen molar-refractivity contribution in [3.63, 3.8) is 0 Å². The number of nitrogen functional groups attached to an aromatic ring is 1. The van der Waals surface area contributed by atoms with Gasteiger partial charge in [0.25, 0.3) is 0 Å². The molecule has 0 saturated heterocycles. The van der Waals surface area contributed by atoms with Crippen molar-refractivity contribution in [2.45, 2.75) is 209 Å². The van der Waals surface area contributed by atoms with Crippen LogP contribution in [0.15, 0.2) is 73.0 Å². The summed E-state index contributed by atoms with van der Waals surface area (Å²) in [5.74, 6) is 16.3. The summed E-state index contributed by atoms with van der Waals surface area (Å²) in [5, 5.41) is 10.5. The van der Waals surface area contributed by atoms with Gasteiger partial charge >= 0.3 is 138 Å². The largest absolute Gasteiger partial charge is 2.00 e. The molecular weight excluding hydrogens is 2780 g/mol. The third-order valence-electron chi connectivity index (χ3n) is 14.8. The number of nitrogens with one attached hydrogen (secondary N) is 6. The van der Waals surface area contributed by atoms with E-state index in [0.29, 0.717) is 46.5 Å². The van der Waals surface area contributed by atoms with Crippen LogP contribution in [0.2, 0.25) is 0 Å². The number of hydrogen-bond acceptors (Lipinski definition) is 21. The van der Waals surface area contributed by atoms with Crippen molar-refractivity contribution < 1.29 is 173 Å². The van der Waals surface area contributed by atoms with Crippen LogP contribution in [0.5, 0.6) is 0 Å². The van der Waals surface area contributed by atoms with Crippen molar-refractivity contribution in [2.24, 2.45) is 7.05 Å². The summed E-state index contributed by atoms with van der Waals surface area (Å²) in [5.41, 5.74) is 20.8. The normalized spacial score (nSPS) is 8.58. The molecule has 29 nitrogen and oxygen atoms in total. The molecule has 126 heavy (non-hydrogen) atoms. The Bertz CT molecular complexity index is 4410. The van der Waals surface area contributed by atoms with Crippen LogP contribution in [0.3, 0.4) is 0 Å². The number of nitrogens with two attached hydrogens (primary N) is 1. The smallest absolute Gasteiger partial charge is 0.407 e. The van der Waals surface area contributed by atoms with E-state index in [1.165, 1.54) is 36.0 Å². The zero-order chi connectivity index (χ0) is 83.6. The molecule has 0 saturated carbocycles. The number of hydrogen-bond donors (Lipinski definition) is 7. The topological polar surface area (TPSA) is 405 Å². The van der Waals surface area contributed by atoms with Gasteiger partial charge in [-0.25, -0.2) is 54.8 Å². The second-order valence-electron chi connectivity index (χ2n) is 25.0. The summed E-state index contributed by atoms with van der Waals surface area (Å²) in [6.45, 7) is 57.1. The van der Waals surface area contributed by atoms with Crippen molar-refractivity contribution in [3.05, 3.63) is 266 Å². The molecular formula is C88H153BrClN26O3W6Y-. The van der Waals surface area contributed by atoms with Crippen LogP contribution in [0.1, 0.15) is 239 Å². The van der Waals surface area contributed by atoms with E-state index in [1.54, 1.807) is 56.5 Å². The number of nitro groups is 1. The third-order valence-corrected chi connectivity index (χ3v) is 14.8. The number of alkyl halides is 2. The number of aryl methyl sites for hydroxylation is 9. The second-order valence-corrected chi connectivity index (χ2v) is 25.0. The number of aromatic nitrogens is 24. The molecule has 0 fully saturated rings. The molecule has 12 aromatic rings. The molecule has 0 atom stereocenters. The van der Waals surface area contributed by atoms with Crippen LogP contribution in [0, 0.1) is 166 Å². The Kier molecular flexibility index (Phi) is 96.3. The van der Waals surface area contributed by atoms with Crippen LogP contribution in [-0.4, -0.2) is 136 Å². The standard InChI is InChI=1S/C13H17N4.3C12H15N4.C11H12N5O3.C11H14N5.2C2H6.C2H5.CH3Br.CH3Cl.3CH4.6CH3.6W.Y.6H2/c1-8(2)11-10(4)17(5)13(16-11)12-14-6-9(3)7-15-12;3*1-7(2)10-9(4)15-12(16-10)11-13-5-8(3)6-14-11;1-5(2)8-6(3)13-10(14-8)9-12-4-7(16(18)19)11(17)15-9;1-6(2)9-7(3)15-11(16-9)10-13-4-8(12)5-14-10;5*1-2;;;;;;;;;;;;;;;;;;;;;;/h6-7H,1-5H3;3*5-6H,1-4H3,(H,15,16);4H,1-3H3,(H,13,14)(H,12,15,17);4-5H,12H2,1-3H3,(H,15,16);2*1-2H3;1H2,2H3;2*1H3;3*1H4;6*1H3;;;;;;;;6*1H/q6*-1;;;-1;;;;;;6*-1;6*+2;;;;;;;/i;;;;;;;;;;;;;;;;;;;;;;;;;;;6*1+1. The third kappa shape index (κ3) is 47.2. The van der Waals surface area contributed by atoms with E-state index in [2.05, 4.69) is 211 Å². The monoisotopic (exact) mass is 2930 g/mol. The molecule has 0 aliphatic rings. The van der Waals surface area contributed by atoms with Gasteiger partial charge in [0.1, 0.15) is 6.20 Å². The van der Waals surface area contributed by atoms with Crippen molar-refractivity contribution >= 4 is 38.9 Å². The fourth-order valence-electron chi connectivity index (χ4n) is 9.68. The fourth-order valence-corrected chi connectivity index (χ4v) is 9.68. The van der Waals surface area contributed by atoms with Gasteiger partial charge in [0.05, 0.1) is 23.0 Å². The average Bonchev–Trinajstić information content (AvgIpc) is 1.65. The summed E-state index contributed by atoms with van der Waals surface area (Å²) < 4.78 is 2.03. The van der Waals surface area contributed by atoms with Gasteiger partial charge in [-0.3, -0.25) is 24.9 Å². The first kappa shape index (κ1) is 154. The number of H-pyrrole nitrogens is 6. The van der Waals surface area contributed by atoms with Crippen LogP contribution < -0.4 is 11.3 Å². The minimum Gasteiger partial charge on any atom is -0.407 e. The quantitative estimate of drug-likeness (QED) is 0.0244. The molecule has 8 N–H and O–H groups in total. The Morgan fingerprint density at radius 2 is 0.595 bits per heavy atom. The van der Waals surface area contributed by atoms with Gasteiger partial charge in [-0.1, -0.05) is 142 Å². The molecule has 38 heteroatoms. The number of rotatable bonds is 13. The van der Waals surface area contributed by atoms with E-state index < -0.39 is 16.2 Å². The average molecular weight is 2940 g/mol. The molecule has 1 radical (unpaired) electrons. The Balaban J connectivity index is -0.0000000560. The molecule has 12 heterocycles. The van der Waals surface area contributed by atoms with Gasteiger partial charge in [0.15, 0.2) is 69.9 Å². The molecule has 0 unspecified atom stereocenters. The van der Waals surface area contributed by atoms with Gasteiger partial charge < -0.3 is 112 Å². The Labute approximate surface area is 891 Å². The first-order chi connectivity index (χ1) is 52.2. The van der Waals surface area contributed by atoms with Crippen LogP contribution in [0.4, 0.5) is 11.4 Å². The molecule has 0 aliphatic carbocycles. The second kappa shape index (κ2) is 78.8. The minimum absolute atomic E-state index is 0. The Morgan fingerprint density at radius 1 is 0.381 bits per heavy atom. The van der Waals surface area contributed by atoms with Gasteiger partial charge in [-0.05, 0) is 62.8 Å². The van der Waals surface area contributed by atoms with Gasteiger partial charge in [-0.2, -0.15) is 42.4 Å². The van der Waals surface area contributed by atoms with E-state index >= 15 is 0 Å². The van der Waals surface area contributed by atoms with Crippen LogP contribution in [0.25, 0.3) is 69.9 Å². The maximum Gasteiger partial charge on any atom is 2.00 e. The van der Waals surface area contributed by atoms with Crippen molar-refractivity contribution in [1.82, 2.24) is 119 Å². The molecule has 0 bridgehead atoms. The van der Waals surface area contributed by atoms with Crippen LogP contribution in [-0.2, 0) is 166 Å². The molecule has 0 spiro atoms. The first-order valence-electron chi connectivity index (χ1n) is 35.3. The summed E-state index contributed by atoms with van der Waals surface area (Å²) in [7, 11) is 1.99. The number of nitrogens with zero attached hydrogens (tertiary/aromatic N) is 19. The number of halogens is 2. The molecule has 12 rings (SSSR count). The van der Waals surface area contributed by atoms with Gasteiger partial charge in [0.2, 0.25) is 0 Å². The number of imidazole rings is 6. The summed E-state index contributed by atoms with van der Waals surface area (Å²) in [6, 6.07) is 0. The Morgan fingerprint density at radius 3 is 0.794 bits per heavy atom. The van der Waals surface area contributed by atoms with Gasteiger partial charge in [0, 0.05) is 97.2 Å². The summed E-state index contributed by atoms with van der Waals surface area (Å²) in [6.07, 6.45) is 19.9. The number of anilines is 1. The zero-order valence-electron chi connectivity index (χ0n) is 78.6. The van der Waals surface area contributed by atoms with Crippen molar-refractivity contribution in [2.75, 3.05) is 17.9 Å². The Hall–Kier alpha value is -6.04. The van der Waals surface area contributed by atoms with E-state index in [9.17, 15) is 14.9 Å². The molecule has 707 valence electrons. The van der Waals surface area contributed by atoms with Crippen molar-refractivity contribution in [1.29, 1.82) is 0 Å². The zero-order valence-corrected chi connectivity index (χ0v) is 101. The molecule has 0 amide bonds. The summed E-state index contributed by atoms with van der Waals surface area (Å²) in [4.78, 5) is 112. The maximum absolute atomic E-state index is 11.5. The predicted molar refractivity (Wildman–Crippen MR) is 517 cm³/mol. The summed E-state index contributed by atoms with van der Waals surface area (Å²) >= 11 is 7.58. The minimum atomic E-state index is -0.803. The molecule has 12 aromatic heterocycles. The van der Waals surface area contributed by atoms with Gasteiger partial charge in [-0.15, -0.1) is 129 Å². The molecule has 0 aromatic carbocycles. The van der Waals surface area contributed by atoms with E-state index in [1.807, 2.05) is 148 Å².